The van der Waals surface area contributed by atoms with Crippen LogP contribution in [0.15, 0.2) is 30.6 Å². The Morgan fingerprint density at radius 2 is 2.23 bits per heavy atom. The number of halogens is 1. The average Bonchev–Trinajstić information content (AvgIpc) is 2.52. The molecule has 2 heterocycles. The summed E-state index contributed by atoms with van der Waals surface area (Å²) >= 11 is 2.22. The molecular weight excluding hydrogens is 277 g/mol. The molecule has 0 atom stereocenters. The minimum Gasteiger partial charge on any atom is -0.234 e. The van der Waals surface area contributed by atoms with Crippen LogP contribution in [0.3, 0.4) is 0 Å². The fraction of sp³-hybridized carbons (Fsp3) is 0.111. The van der Waals surface area contributed by atoms with Gasteiger partial charge in [-0.25, -0.2) is 9.67 Å². The molecule has 3 nitrogen and oxygen atoms in total. The number of hydrogen-bond acceptors (Lipinski definition) is 2. The van der Waals surface area contributed by atoms with Gasteiger partial charge < -0.3 is 0 Å². The second-order valence-electron chi connectivity index (χ2n) is 2.74. The molecule has 0 spiro atoms. The first-order valence-corrected chi connectivity index (χ1v) is 4.98. The topological polar surface area (TPSA) is 30.7 Å². The van der Waals surface area contributed by atoms with E-state index in [1.807, 2.05) is 37.5 Å². The molecule has 0 N–H and O–H groups in total. The van der Waals surface area contributed by atoms with Crippen molar-refractivity contribution < 1.29 is 0 Å². The summed E-state index contributed by atoms with van der Waals surface area (Å²) in [4.78, 5) is 4.35. The molecule has 0 unspecified atom stereocenters. The second kappa shape index (κ2) is 3.45. The van der Waals surface area contributed by atoms with Gasteiger partial charge in [-0.2, -0.15) is 5.10 Å². The molecule has 0 saturated carbocycles. The van der Waals surface area contributed by atoms with Crippen LogP contribution in [0, 0.1) is 10.5 Å². The SMILES string of the molecule is Cc1cccc(-n2cc(I)cn2)n1. The van der Waals surface area contributed by atoms with Crippen molar-refractivity contribution in [1.82, 2.24) is 14.8 Å². The quantitative estimate of drug-likeness (QED) is 0.752. The first kappa shape index (κ1) is 8.68. The van der Waals surface area contributed by atoms with E-state index in [-0.39, 0.29) is 0 Å². The molecule has 0 aliphatic carbocycles. The van der Waals surface area contributed by atoms with Crippen LogP contribution >= 0.6 is 22.6 Å². The molecule has 0 bridgehead atoms. The van der Waals surface area contributed by atoms with E-state index in [2.05, 4.69) is 32.7 Å². The van der Waals surface area contributed by atoms with Crippen LogP contribution < -0.4 is 0 Å². The van der Waals surface area contributed by atoms with Crippen molar-refractivity contribution in [1.29, 1.82) is 0 Å². The van der Waals surface area contributed by atoms with E-state index in [0.29, 0.717) is 0 Å². The van der Waals surface area contributed by atoms with E-state index >= 15 is 0 Å². The van der Waals surface area contributed by atoms with Crippen LogP contribution in [0.2, 0.25) is 0 Å². The maximum absolute atomic E-state index is 4.35. The third kappa shape index (κ3) is 1.88. The van der Waals surface area contributed by atoms with Gasteiger partial charge in [0.15, 0.2) is 5.82 Å². The molecule has 4 heteroatoms. The fourth-order valence-corrected chi connectivity index (χ4v) is 1.47. The highest BCUT2D eigenvalue weighted by atomic mass is 127. The summed E-state index contributed by atoms with van der Waals surface area (Å²) in [5.41, 5.74) is 1.00. The predicted octanol–water partition coefficient (Wildman–Crippen LogP) is 2.18. The van der Waals surface area contributed by atoms with E-state index in [1.54, 1.807) is 4.68 Å². The van der Waals surface area contributed by atoms with Gasteiger partial charge in [0.25, 0.3) is 0 Å². The van der Waals surface area contributed by atoms with Crippen molar-refractivity contribution in [2.75, 3.05) is 0 Å². The Balaban J connectivity index is 2.46. The first-order valence-electron chi connectivity index (χ1n) is 3.90. The Morgan fingerprint density at radius 3 is 2.85 bits per heavy atom. The van der Waals surface area contributed by atoms with Gasteiger partial charge in [0.2, 0.25) is 0 Å². The summed E-state index contributed by atoms with van der Waals surface area (Å²) in [6, 6.07) is 5.89. The highest BCUT2D eigenvalue weighted by Crippen LogP contribution is 2.07. The molecular formula is C9H8IN3. The summed E-state index contributed by atoms with van der Waals surface area (Å²) in [6.07, 6.45) is 3.76. The molecule has 13 heavy (non-hydrogen) atoms. The number of hydrogen-bond donors (Lipinski definition) is 0. The van der Waals surface area contributed by atoms with Gasteiger partial charge in [-0.3, -0.25) is 0 Å². The summed E-state index contributed by atoms with van der Waals surface area (Å²) in [5.74, 6) is 0.864. The van der Waals surface area contributed by atoms with Crippen molar-refractivity contribution in [2.45, 2.75) is 6.92 Å². The van der Waals surface area contributed by atoms with Crippen LogP contribution in [0.25, 0.3) is 5.82 Å². The molecule has 2 aromatic heterocycles. The van der Waals surface area contributed by atoms with Crippen molar-refractivity contribution in [2.24, 2.45) is 0 Å². The molecule has 0 fully saturated rings. The van der Waals surface area contributed by atoms with Gasteiger partial charge in [-0.15, -0.1) is 0 Å². The number of rotatable bonds is 1. The molecule has 0 aliphatic rings. The second-order valence-corrected chi connectivity index (χ2v) is 3.99. The van der Waals surface area contributed by atoms with E-state index in [1.165, 1.54) is 0 Å². The molecule has 2 aromatic rings. The Kier molecular flexibility index (Phi) is 2.30. The maximum Gasteiger partial charge on any atom is 0.153 e. The Bertz CT molecular complexity index is 422. The minimum absolute atomic E-state index is 0.864. The Morgan fingerprint density at radius 1 is 1.38 bits per heavy atom. The van der Waals surface area contributed by atoms with Crippen LogP contribution in [0.5, 0.6) is 0 Å². The summed E-state index contributed by atoms with van der Waals surface area (Å²) in [7, 11) is 0. The number of aryl methyl sites for hydroxylation is 1. The fourth-order valence-electron chi connectivity index (χ4n) is 1.08. The van der Waals surface area contributed by atoms with E-state index in [4.69, 9.17) is 0 Å². The minimum atomic E-state index is 0.864. The third-order valence-electron chi connectivity index (χ3n) is 1.66. The monoisotopic (exact) mass is 285 g/mol. The van der Waals surface area contributed by atoms with Gasteiger partial charge in [0.1, 0.15) is 0 Å². The lowest BCUT2D eigenvalue weighted by atomic mass is 10.4. The predicted molar refractivity (Wildman–Crippen MR) is 58.8 cm³/mol. The molecule has 0 aromatic carbocycles. The summed E-state index contributed by atoms with van der Waals surface area (Å²) in [6.45, 7) is 1.97. The smallest absolute Gasteiger partial charge is 0.153 e. The van der Waals surface area contributed by atoms with Crippen molar-refractivity contribution >= 4 is 22.6 Å². The van der Waals surface area contributed by atoms with Crippen molar-refractivity contribution in [3.63, 3.8) is 0 Å². The van der Waals surface area contributed by atoms with Gasteiger partial charge in [0, 0.05) is 11.9 Å². The highest BCUT2D eigenvalue weighted by molar-refractivity contribution is 14.1. The van der Waals surface area contributed by atoms with Crippen molar-refractivity contribution in [3.8, 4) is 5.82 Å². The van der Waals surface area contributed by atoms with Gasteiger partial charge in [-0.1, -0.05) is 6.07 Å². The zero-order valence-electron chi connectivity index (χ0n) is 7.11. The number of aromatic nitrogens is 3. The van der Waals surface area contributed by atoms with Crippen LogP contribution in [-0.2, 0) is 0 Å². The van der Waals surface area contributed by atoms with Crippen LogP contribution in [0.1, 0.15) is 5.69 Å². The van der Waals surface area contributed by atoms with Crippen LogP contribution in [0.4, 0.5) is 0 Å². The van der Waals surface area contributed by atoms with Gasteiger partial charge in [-0.05, 0) is 41.6 Å². The van der Waals surface area contributed by atoms with Gasteiger partial charge >= 0.3 is 0 Å². The van der Waals surface area contributed by atoms with E-state index in [0.717, 1.165) is 15.1 Å². The van der Waals surface area contributed by atoms with Gasteiger partial charge in [0.05, 0.1) is 9.77 Å². The summed E-state index contributed by atoms with van der Waals surface area (Å²) in [5, 5.41) is 4.17. The molecule has 0 amide bonds. The molecule has 2 rings (SSSR count). The molecule has 0 aliphatic heterocycles. The molecule has 66 valence electrons. The van der Waals surface area contributed by atoms with Crippen molar-refractivity contribution in [3.05, 3.63) is 39.9 Å². The zero-order chi connectivity index (χ0) is 9.26. The highest BCUT2D eigenvalue weighted by Gasteiger charge is 1.99. The number of nitrogens with zero attached hydrogens (tertiary/aromatic N) is 3. The lowest BCUT2D eigenvalue weighted by Crippen LogP contribution is -1.98. The first-order chi connectivity index (χ1) is 6.25. The number of pyridine rings is 1. The lowest BCUT2D eigenvalue weighted by Gasteiger charge is -1.99. The van der Waals surface area contributed by atoms with E-state index in [9.17, 15) is 0 Å². The average molecular weight is 285 g/mol. The standard InChI is InChI=1S/C9H8IN3/c1-7-3-2-4-9(12-7)13-6-8(10)5-11-13/h2-6H,1H3. The summed E-state index contributed by atoms with van der Waals surface area (Å²) < 4.78 is 2.88. The molecule has 0 saturated heterocycles. The lowest BCUT2D eigenvalue weighted by molar-refractivity contribution is 0.840. The maximum atomic E-state index is 4.35. The third-order valence-corrected chi connectivity index (χ3v) is 2.22. The Labute approximate surface area is 89.9 Å². The molecule has 0 radical (unpaired) electrons. The zero-order valence-corrected chi connectivity index (χ0v) is 9.26. The van der Waals surface area contributed by atoms with E-state index < -0.39 is 0 Å². The normalized spacial score (nSPS) is 10.3. The Hall–Kier alpha value is -0.910. The van der Waals surface area contributed by atoms with Crippen LogP contribution in [-0.4, -0.2) is 14.8 Å². The largest absolute Gasteiger partial charge is 0.234 e.